The molecule has 0 aliphatic carbocycles. The molecule has 0 aliphatic rings. The maximum atomic E-state index is 11.6. The summed E-state index contributed by atoms with van der Waals surface area (Å²) in [4.78, 5) is 0.277. The molecule has 5 heteroatoms. The number of unbranched alkanes of at least 4 members (excludes halogenated alkanes) is 1. The van der Waals surface area contributed by atoms with E-state index in [4.69, 9.17) is 18.0 Å². The molecule has 1 N–H and O–H groups in total. The van der Waals surface area contributed by atoms with Gasteiger partial charge in [-0.3, -0.25) is 0 Å². The van der Waals surface area contributed by atoms with Gasteiger partial charge in [0.25, 0.3) is 0 Å². The lowest BCUT2D eigenvalue weighted by Crippen LogP contribution is -2.17. The number of benzene rings is 1. The van der Waals surface area contributed by atoms with Gasteiger partial charge in [-0.2, -0.15) is 0 Å². The number of hydrogen-bond donors (Lipinski definition) is 1. The van der Waals surface area contributed by atoms with E-state index in [1.807, 2.05) is 0 Å². The highest BCUT2D eigenvalue weighted by Crippen LogP contribution is 2.23. The predicted molar refractivity (Wildman–Crippen MR) is 74.3 cm³/mol. The van der Waals surface area contributed by atoms with Crippen LogP contribution in [0.4, 0.5) is 0 Å². The summed E-state index contributed by atoms with van der Waals surface area (Å²) in [7, 11) is -3.26. The molecule has 1 aromatic carbocycles. The Hall–Kier alpha value is -1.02. The first-order chi connectivity index (χ1) is 8.46. The van der Waals surface area contributed by atoms with Crippen LogP contribution in [0.25, 0.3) is 0 Å². The average Bonchev–Trinajstić information content (AvgIpc) is 2.29. The van der Waals surface area contributed by atoms with E-state index >= 15 is 0 Å². The minimum Gasteiger partial charge on any atom is -0.313 e. The normalized spacial score (nSPS) is 11.2. The van der Waals surface area contributed by atoms with Gasteiger partial charge in [0.2, 0.25) is 0 Å². The lowest BCUT2D eigenvalue weighted by atomic mass is 10.2. The first-order valence-electron chi connectivity index (χ1n) is 5.58. The topological polar surface area (TPSA) is 46.2 Å². The molecule has 1 aromatic rings. The molecule has 0 radical (unpaired) electrons. The van der Waals surface area contributed by atoms with Gasteiger partial charge in [0.15, 0.2) is 9.84 Å². The third-order valence-electron chi connectivity index (χ3n) is 2.45. The van der Waals surface area contributed by atoms with Crippen LogP contribution in [0, 0.1) is 12.3 Å². The molecule has 0 fully saturated rings. The molecule has 0 saturated heterocycles. The number of nitrogens with one attached hydrogen (secondary N) is 1. The zero-order valence-corrected chi connectivity index (χ0v) is 11.8. The van der Waals surface area contributed by atoms with Gasteiger partial charge in [0.1, 0.15) is 0 Å². The van der Waals surface area contributed by atoms with E-state index in [9.17, 15) is 8.42 Å². The van der Waals surface area contributed by atoms with Crippen LogP contribution in [0.2, 0.25) is 5.02 Å². The van der Waals surface area contributed by atoms with Gasteiger partial charge < -0.3 is 5.32 Å². The largest absolute Gasteiger partial charge is 0.313 e. The Labute approximate surface area is 113 Å². The van der Waals surface area contributed by atoms with E-state index < -0.39 is 9.84 Å². The smallest absolute Gasteiger partial charge is 0.175 e. The summed E-state index contributed by atoms with van der Waals surface area (Å²) in [6, 6.07) is 4.90. The van der Waals surface area contributed by atoms with Gasteiger partial charge in [-0.15, -0.1) is 12.3 Å². The van der Waals surface area contributed by atoms with Crippen LogP contribution in [-0.4, -0.2) is 21.2 Å². The van der Waals surface area contributed by atoms with Gasteiger partial charge in [-0.1, -0.05) is 17.7 Å². The van der Waals surface area contributed by atoms with Gasteiger partial charge in [0, 0.05) is 29.8 Å². The van der Waals surface area contributed by atoms with E-state index in [1.165, 1.54) is 6.26 Å². The highest BCUT2D eigenvalue weighted by Gasteiger charge is 2.15. The van der Waals surface area contributed by atoms with E-state index in [0.717, 1.165) is 13.0 Å². The van der Waals surface area contributed by atoms with Gasteiger partial charge in [-0.05, 0) is 25.1 Å². The van der Waals surface area contributed by atoms with E-state index in [1.54, 1.807) is 18.2 Å². The van der Waals surface area contributed by atoms with Crippen molar-refractivity contribution in [1.82, 2.24) is 5.32 Å². The van der Waals surface area contributed by atoms with Crippen LogP contribution in [-0.2, 0) is 16.4 Å². The van der Waals surface area contributed by atoms with Crippen molar-refractivity contribution >= 4 is 21.4 Å². The van der Waals surface area contributed by atoms with Crippen LogP contribution in [0.1, 0.15) is 18.4 Å². The molecule has 3 nitrogen and oxygen atoms in total. The molecule has 98 valence electrons. The van der Waals surface area contributed by atoms with Crippen LogP contribution in [0.15, 0.2) is 23.1 Å². The summed E-state index contributed by atoms with van der Waals surface area (Å²) in [6.07, 6.45) is 7.89. The molecule has 0 heterocycles. The number of sulfone groups is 1. The standard InChI is InChI=1S/C13H16ClNO2S/c1-3-4-5-9-15-10-11-12(14)7-6-8-13(11)18(2,16)17/h1,6-8,15H,4-5,9-10H2,2H3. The first-order valence-corrected chi connectivity index (χ1v) is 7.85. The van der Waals surface area contributed by atoms with Crippen molar-refractivity contribution in [2.75, 3.05) is 12.8 Å². The molecule has 18 heavy (non-hydrogen) atoms. The van der Waals surface area contributed by atoms with Gasteiger partial charge in [0.05, 0.1) is 4.90 Å². The van der Waals surface area contributed by atoms with Gasteiger partial charge >= 0.3 is 0 Å². The van der Waals surface area contributed by atoms with E-state index in [-0.39, 0.29) is 4.90 Å². The molecule has 1 rings (SSSR count). The Morgan fingerprint density at radius 1 is 1.44 bits per heavy atom. The summed E-state index contributed by atoms with van der Waals surface area (Å²) < 4.78 is 23.3. The van der Waals surface area contributed by atoms with Crippen LogP contribution in [0.5, 0.6) is 0 Å². The molecule has 0 spiro atoms. The Balaban J connectivity index is 2.79. The van der Waals surface area contributed by atoms with Crippen molar-refractivity contribution in [2.45, 2.75) is 24.3 Å². The summed E-state index contributed by atoms with van der Waals surface area (Å²) in [5.41, 5.74) is 0.613. The molecule has 0 aromatic heterocycles. The minimum absolute atomic E-state index is 0.277. The fourth-order valence-corrected chi connectivity index (χ4v) is 2.84. The Morgan fingerprint density at radius 3 is 2.78 bits per heavy atom. The third kappa shape index (κ3) is 4.34. The SMILES string of the molecule is C#CCCCNCc1c(Cl)cccc1S(C)(=O)=O. The predicted octanol–water partition coefficient (Wildman–Crippen LogP) is 2.25. The molecule has 0 unspecified atom stereocenters. The maximum Gasteiger partial charge on any atom is 0.175 e. The second-order valence-electron chi connectivity index (χ2n) is 3.97. The molecule has 0 atom stereocenters. The Morgan fingerprint density at radius 2 is 2.17 bits per heavy atom. The van der Waals surface area contributed by atoms with Crippen LogP contribution in [0.3, 0.4) is 0 Å². The van der Waals surface area contributed by atoms with Crippen LogP contribution >= 0.6 is 11.6 Å². The average molecular weight is 286 g/mol. The number of terminal acetylenes is 1. The molecular weight excluding hydrogens is 270 g/mol. The summed E-state index contributed by atoms with van der Waals surface area (Å²) in [5.74, 6) is 2.55. The number of hydrogen-bond acceptors (Lipinski definition) is 3. The quantitative estimate of drug-likeness (QED) is 0.644. The zero-order chi connectivity index (χ0) is 13.6. The zero-order valence-electron chi connectivity index (χ0n) is 10.2. The fourth-order valence-electron chi connectivity index (χ4n) is 1.59. The summed E-state index contributed by atoms with van der Waals surface area (Å²) in [5, 5.41) is 3.61. The molecular formula is C13H16ClNO2S. The van der Waals surface area contributed by atoms with Crippen LogP contribution < -0.4 is 5.32 Å². The second-order valence-corrected chi connectivity index (χ2v) is 6.36. The monoisotopic (exact) mass is 285 g/mol. The first kappa shape index (κ1) is 15.0. The fraction of sp³-hybridized carbons (Fsp3) is 0.385. The summed E-state index contributed by atoms with van der Waals surface area (Å²) in [6.45, 7) is 1.16. The molecule has 0 amide bonds. The Kier molecular flexibility index (Phi) is 5.67. The van der Waals surface area contributed by atoms with Crippen molar-refractivity contribution in [3.63, 3.8) is 0 Å². The van der Waals surface area contributed by atoms with Crippen molar-refractivity contribution in [1.29, 1.82) is 0 Å². The number of halogens is 1. The summed E-state index contributed by atoms with van der Waals surface area (Å²) >= 11 is 6.04. The molecule has 0 saturated carbocycles. The van der Waals surface area contributed by atoms with Gasteiger partial charge in [-0.25, -0.2) is 8.42 Å². The minimum atomic E-state index is -3.26. The molecule has 0 bridgehead atoms. The number of rotatable bonds is 6. The van der Waals surface area contributed by atoms with Crippen molar-refractivity contribution in [3.05, 3.63) is 28.8 Å². The lowest BCUT2D eigenvalue weighted by molar-refractivity contribution is 0.597. The lowest BCUT2D eigenvalue weighted by Gasteiger charge is -2.10. The van der Waals surface area contributed by atoms with E-state index in [2.05, 4.69) is 11.2 Å². The third-order valence-corrected chi connectivity index (χ3v) is 3.99. The van der Waals surface area contributed by atoms with Crippen molar-refractivity contribution < 1.29 is 8.42 Å². The molecule has 0 aliphatic heterocycles. The van der Waals surface area contributed by atoms with Crippen molar-refractivity contribution in [3.8, 4) is 12.3 Å². The highest BCUT2D eigenvalue weighted by atomic mass is 35.5. The highest BCUT2D eigenvalue weighted by molar-refractivity contribution is 7.90. The van der Waals surface area contributed by atoms with E-state index in [0.29, 0.717) is 23.6 Å². The van der Waals surface area contributed by atoms with Crippen molar-refractivity contribution in [2.24, 2.45) is 0 Å². The second kappa shape index (κ2) is 6.79. The maximum absolute atomic E-state index is 11.6. The Bertz CT molecular complexity index is 547.